The number of amides is 2. The van der Waals surface area contributed by atoms with Crippen molar-refractivity contribution in [1.29, 1.82) is 0 Å². The van der Waals surface area contributed by atoms with Gasteiger partial charge in [-0.1, -0.05) is 18.2 Å². The van der Waals surface area contributed by atoms with E-state index in [1.807, 2.05) is 24.3 Å². The molecule has 2 amide bonds. The summed E-state index contributed by atoms with van der Waals surface area (Å²) in [6.45, 7) is 3.47. The minimum Gasteiger partial charge on any atom is -0.366 e. The van der Waals surface area contributed by atoms with Crippen molar-refractivity contribution in [3.8, 4) is 0 Å². The Bertz CT molecular complexity index is 1030. The molecule has 1 aliphatic heterocycles. The van der Waals surface area contributed by atoms with Crippen molar-refractivity contribution in [1.82, 2.24) is 14.8 Å². The molecule has 0 saturated carbocycles. The number of carbonyl (C=O) groups excluding carboxylic acids is 2. The fourth-order valence-electron chi connectivity index (χ4n) is 3.66. The summed E-state index contributed by atoms with van der Waals surface area (Å²) in [7, 11) is 1.79. The van der Waals surface area contributed by atoms with Crippen LogP contribution in [0.25, 0.3) is 10.1 Å². The molecule has 3 aromatic rings. The van der Waals surface area contributed by atoms with Gasteiger partial charge in [0.05, 0.1) is 11.6 Å². The number of nitrogens with zero attached hydrogens (tertiary/aromatic N) is 3. The second kappa shape index (κ2) is 8.21. The number of likely N-dealkylation sites (N-methyl/N-ethyl adjacent to an activating group) is 1. The molecule has 1 N–H and O–H groups in total. The highest BCUT2D eigenvalue weighted by atomic mass is 32.1. The Balaban J connectivity index is 1.36. The zero-order chi connectivity index (χ0) is 20.4. The van der Waals surface area contributed by atoms with Crippen LogP contribution in [0.3, 0.4) is 0 Å². The first-order valence-electron chi connectivity index (χ1n) is 9.70. The van der Waals surface area contributed by atoms with Crippen molar-refractivity contribution >= 4 is 39.1 Å². The third kappa shape index (κ3) is 4.10. The average Bonchev–Trinajstić information content (AvgIpc) is 3.39. The maximum absolute atomic E-state index is 12.8. The molecule has 0 spiro atoms. The van der Waals surface area contributed by atoms with Gasteiger partial charge >= 0.3 is 0 Å². The number of hydrogen-bond acceptors (Lipinski definition) is 5. The fraction of sp³-hybridized carbons (Fsp3) is 0.318. The molecule has 0 bridgehead atoms. The number of hydrogen-bond donors (Lipinski definition) is 1. The van der Waals surface area contributed by atoms with E-state index >= 15 is 0 Å². The van der Waals surface area contributed by atoms with E-state index in [0.717, 1.165) is 12.2 Å². The van der Waals surface area contributed by atoms with Crippen LogP contribution in [0.15, 0.2) is 48.0 Å². The number of aromatic nitrogens is 1. The summed E-state index contributed by atoms with van der Waals surface area (Å²) < 4.78 is 1.28. The minimum atomic E-state index is -0.0349. The van der Waals surface area contributed by atoms with E-state index in [-0.39, 0.29) is 17.9 Å². The summed E-state index contributed by atoms with van der Waals surface area (Å²) in [6, 6.07) is 12.1. The van der Waals surface area contributed by atoms with Crippen LogP contribution in [0.2, 0.25) is 0 Å². The van der Waals surface area contributed by atoms with Crippen LogP contribution >= 0.6 is 11.3 Å². The van der Waals surface area contributed by atoms with E-state index < -0.39 is 0 Å². The normalized spacial score (nSPS) is 16.2. The van der Waals surface area contributed by atoms with Gasteiger partial charge in [-0.15, -0.1) is 11.3 Å². The molecule has 1 fully saturated rings. The molecule has 1 atom stereocenters. The van der Waals surface area contributed by atoms with Gasteiger partial charge in [0.1, 0.15) is 5.82 Å². The van der Waals surface area contributed by atoms with Gasteiger partial charge in [0.15, 0.2) is 0 Å². The van der Waals surface area contributed by atoms with Crippen molar-refractivity contribution in [2.45, 2.75) is 25.9 Å². The van der Waals surface area contributed by atoms with Crippen LogP contribution in [0.1, 0.15) is 29.3 Å². The van der Waals surface area contributed by atoms with Crippen molar-refractivity contribution in [3.63, 3.8) is 0 Å². The van der Waals surface area contributed by atoms with Crippen LogP contribution in [0.5, 0.6) is 0 Å². The van der Waals surface area contributed by atoms with Crippen LogP contribution in [0.4, 0.5) is 5.82 Å². The topological polar surface area (TPSA) is 65.5 Å². The van der Waals surface area contributed by atoms with Gasteiger partial charge in [-0.25, -0.2) is 4.98 Å². The molecule has 1 aliphatic rings. The van der Waals surface area contributed by atoms with Gasteiger partial charge in [0, 0.05) is 44.5 Å². The Labute approximate surface area is 174 Å². The van der Waals surface area contributed by atoms with E-state index in [9.17, 15) is 9.59 Å². The third-order valence-electron chi connectivity index (χ3n) is 5.53. The Kier molecular flexibility index (Phi) is 5.49. The van der Waals surface area contributed by atoms with Gasteiger partial charge in [-0.2, -0.15) is 0 Å². The lowest BCUT2D eigenvalue weighted by Gasteiger charge is -2.23. The van der Waals surface area contributed by atoms with Crippen molar-refractivity contribution in [2.75, 3.05) is 25.5 Å². The van der Waals surface area contributed by atoms with E-state index in [1.54, 1.807) is 41.3 Å². The maximum Gasteiger partial charge on any atom is 0.255 e. The molecule has 29 heavy (non-hydrogen) atoms. The van der Waals surface area contributed by atoms with Gasteiger partial charge in [-0.05, 0) is 40.9 Å². The fourth-order valence-corrected chi connectivity index (χ4v) is 4.63. The summed E-state index contributed by atoms with van der Waals surface area (Å²) in [5.74, 6) is 0.736. The first kappa shape index (κ1) is 19.4. The van der Waals surface area contributed by atoms with Gasteiger partial charge in [0.25, 0.3) is 5.91 Å². The zero-order valence-corrected chi connectivity index (χ0v) is 17.4. The van der Waals surface area contributed by atoms with E-state index in [0.29, 0.717) is 25.2 Å². The number of rotatable bonds is 5. The van der Waals surface area contributed by atoms with Crippen LogP contribution in [-0.4, -0.2) is 52.8 Å². The summed E-state index contributed by atoms with van der Waals surface area (Å²) in [6.07, 6.45) is 2.43. The zero-order valence-electron chi connectivity index (χ0n) is 16.6. The molecule has 6 nitrogen and oxygen atoms in total. The first-order chi connectivity index (χ1) is 14.0. The molecule has 150 valence electrons. The highest BCUT2D eigenvalue weighted by Gasteiger charge is 2.30. The average molecular weight is 409 g/mol. The molecule has 0 aliphatic carbocycles. The van der Waals surface area contributed by atoms with Crippen molar-refractivity contribution in [3.05, 3.63) is 59.1 Å². The quantitative estimate of drug-likeness (QED) is 0.701. The lowest BCUT2D eigenvalue weighted by molar-refractivity contribution is -0.129. The Morgan fingerprint density at radius 1 is 1.28 bits per heavy atom. The second-order valence-electron chi connectivity index (χ2n) is 7.37. The number of carbonyl (C=O) groups is 2. The standard InChI is InChI=1S/C22H24N4O2S/c1-15(27)25(2)18-9-10-26(13-18)22(28)16-7-8-21(23-11-16)24-12-17-14-29-20-6-4-3-5-19(17)20/h3-8,11,14,18H,9-10,12-13H2,1-2H3,(H,23,24)/t18-/m0/s1. The lowest BCUT2D eigenvalue weighted by Crippen LogP contribution is -2.38. The van der Waals surface area contributed by atoms with Crippen molar-refractivity contribution < 1.29 is 9.59 Å². The summed E-state index contributed by atoms with van der Waals surface area (Å²) in [5.41, 5.74) is 1.81. The molecule has 7 heteroatoms. The molecule has 2 aromatic heterocycles. The SMILES string of the molecule is CC(=O)N(C)[C@H]1CCN(C(=O)c2ccc(NCc3csc4ccccc34)nc2)C1. The largest absolute Gasteiger partial charge is 0.366 e. The first-order valence-corrected chi connectivity index (χ1v) is 10.6. The second-order valence-corrected chi connectivity index (χ2v) is 8.28. The molecule has 0 radical (unpaired) electrons. The molecule has 1 aromatic carbocycles. The predicted molar refractivity (Wildman–Crippen MR) is 116 cm³/mol. The molecule has 1 saturated heterocycles. The number of thiophene rings is 1. The number of nitrogens with one attached hydrogen (secondary N) is 1. The Hall–Kier alpha value is -2.93. The highest BCUT2D eigenvalue weighted by molar-refractivity contribution is 7.17. The van der Waals surface area contributed by atoms with Crippen LogP contribution < -0.4 is 5.32 Å². The predicted octanol–water partition coefficient (Wildman–Crippen LogP) is 3.60. The number of benzene rings is 1. The number of pyridine rings is 1. The molecule has 4 rings (SSSR count). The van der Waals surface area contributed by atoms with E-state index in [1.165, 1.54) is 15.6 Å². The lowest BCUT2D eigenvalue weighted by atomic mass is 10.2. The highest BCUT2D eigenvalue weighted by Crippen LogP contribution is 2.26. The summed E-state index contributed by atoms with van der Waals surface area (Å²) >= 11 is 1.74. The minimum absolute atomic E-state index is 0.0276. The smallest absolute Gasteiger partial charge is 0.255 e. The molecular weight excluding hydrogens is 384 g/mol. The number of likely N-dealkylation sites (tertiary alicyclic amines) is 1. The molecular formula is C22H24N4O2S. The third-order valence-corrected chi connectivity index (χ3v) is 6.54. The van der Waals surface area contributed by atoms with Gasteiger partial charge < -0.3 is 15.1 Å². The molecule has 3 heterocycles. The van der Waals surface area contributed by atoms with Gasteiger partial charge in [0.2, 0.25) is 5.91 Å². The number of anilines is 1. The molecule has 0 unspecified atom stereocenters. The van der Waals surface area contributed by atoms with Crippen LogP contribution in [0, 0.1) is 0 Å². The summed E-state index contributed by atoms with van der Waals surface area (Å²) in [5, 5.41) is 6.76. The van der Waals surface area contributed by atoms with Crippen LogP contribution in [-0.2, 0) is 11.3 Å². The van der Waals surface area contributed by atoms with Gasteiger partial charge in [-0.3, -0.25) is 9.59 Å². The number of fused-ring (bicyclic) bond motifs is 1. The Morgan fingerprint density at radius 3 is 2.86 bits per heavy atom. The summed E-state index contributed by atoms with van der Waals surface area (Å²) in [4.78, 5) is 32.2. The van der Waals surface area contributed by atoms with E-state index in [4.69, 9.17) is 0 Å². The monoisotopic (exact) mass is 408 g/mol. The van der Waals surface area contributed by atoms with Crippen molar-refractivity contribution in [2.24, 2.45) is 0 Å². The Morgan fingerprint density at radius 2 is 2.10 bits per heavy atom. The van der Waals surface area contributed by atoms with E-state index in [2.05, 4.69) is 27.8 Å². The maximum atomic E-state index is 12.8.